The third kappa shape index (κ3) is 1.72. The molecule has 5 heteroatoms. The Hall–Kier alpha value is -2.04. The Morgan fingerprint density at radius 1 is 1.44 bits per heavy atom. The summed E-state index contributed by atoms with van der Waals surface area (Å²) in [5, 5.41) is 7.06. The summed E-state index contributed by atoms with van der Waals surface area (Å²) in [6.07, 6.45) is 3.75. The fourth-order valence-electron chi connectivity index (χ4n) is 2.36. The molecular weight excluding hydrogens is 230 g/mol. The smallest absolute Gasteiger partial charge is 0.258 e. The molecule has 1 fully saturated rings. The molecule has 1 aliphatic heterocycles. The molecule has 0 bridgehead atoms. The molecule has 0 saturated carbocycles. The van der Waals surface area contributed by atoms with Crippen molar-refractivity contribution >= 4 is 5.91 Å². The lowest BCUT2D eigenvalue weighted by molar-refractivity contribution is 0.0792. The van der Waals surface area contributed by atoms with Crippen molar-refractivity contribution in [1.29, 1.82) is 0 Å². The highest BCUT2D eigenvalue weighted by Crippen LogP contribution is 2.26. The standard InChI is InChI=1S/C13H15N3O2/c1-9-11(13(17)16-6-2-3-7-16)12(15-14-9)10-5-4-8-18-10/h4-5,8H,2-3,6-7H2,1H3,(H,14,15). The molecule has 3 rings (SSSR count). The average Bonchev–Trinajstić information content (AvgIpc) is 3.10. The zero-order valence-electron chi connectivity index (χ0n) is 10.3. The van der Waals surface area contributed by atoms with Crippen LogP contribution in [0.5, 0.6) is 0 Å². The van der Waals surface area contributed by atoms with E-state index in [1.54, 1.807) is 12.3 Å². The Morgan fingerprint density at radius 3 is 2.89 bits per heavy atom. The lowest BCUT2D eigenvalue weighted by Gasteiger charge is -2.15. The van der Waals surface area contributed by atoms with Gasteiger partial charge in [-0.05, 0) is 31.9 Å². The van der Waals surface area contributed by atoms with E-state index in [9.17, 15) is 4.79 Å². The fourth-order valence-corrected chi connectivity index (χ4v) is 2.36. The quantitative estimate of drug-likeness (QED) is 0.882. The second-order valence-corrected chi connectivity index (χ2v) is 4.55. The molecule has 94 valence electrons. The van der Waals surface area contributed by atoms with Gasteiger partial charge in [0, 0.05) is 18.8 Å². The lowest BCUT2D eigenvalue weighted by Crippen LogP contribution is -2.28. The topological polar surface area (TPSA) is 62.1 Å². The molecule has 0 aliphatic carbocycles. The van der Waals surface area contributed by atoms with Gasteiger partial charge in [-0.2, -0.15) is 5.10 Å². The number of nitrogens with zero attached hydrogens (tertiary/aromatic N) is 2. The summed E-state index contributed by atoms with van der Waals surface area (Å²) in [5.74, 6) is 0.673. The number of amides is 1. The largest absolute Gasteiger partial charge is 0.463 e. The monoisotopic (exact) mass is 245 g/mol. The Bertz CT molecular complexity index is 551. The highest BCUT2D eigenvalue weighted by molar-refractivity contribution is 6.00. The van der Waals surface area contributed by atoms with E-state index < -0.39 is 0 Å². The number of likely N-dealkylation sites (tertiary alicyclic amines) is 1. The minimum Gasteiger partial charge on any atom is -0.463 e. The minimum atomic E-state index is 0.0464. The number of aromatic amines is 1. The number of aryl methyl sites for hydroxylation is 1. The van der Waals surface area contributed by atoms with Crippen molar-refractivity contribution < 1.29 is 9.21 Å². The van der Waals surface area contributed by atoms with Crippen LogP contribution in [0.3, 0.4) is 0 Å². The first-order valence-electron chi connectivity index (χ1n) is 6.15. The van der Waals surface area contributed by atoms with E-state index in [1.165, 1.54) is 0 Å². The maximum atomic E-state index is 12.5. The summed E-state index contributed by atoms with van der Waals surface area (Å²) in [5.41, 5.74) is 2.03. The van der Waals surface area contributed by atoms with Gasteiger partial charge in [0.05, 0.1) is 11.8 Å². The fraction of sp³-hybridized carbons (Fsp3) is 0.385. The van der Waals surface area contributed by atoms with Crippen molar-refractivity contribution in [2.24, 2.45) is 0 Å². The molecule has 18 heavy (non-hydrogen) atoms. The zero-order chi connectivity index (χ0) is 12.5. The van der Waals surface area contributed by atoms with Crippen LogP contribution in [0, 0.1) is 6.92 Å². The van der Waals surface area contributed by atoms with Gasteiger partial charge in [0.15, 0.2) is 5.76 Å². The molecule has 2 aromatic rings. The van der Waals surface area contributed by atoms with E-state index in [0.29, 0.717) is 17.0 Å². The average molecular weight is 245 g/mol. The van der Waals surface area contributed by atoms with Gasteiger partial charge in [0.2, 0.25) is 0 Å². The van der Waals surface area contributed by atoms with E-state index >= 15 is 0 Å². The number of aromatic nitrogens is 2. The molecule has 1 aliphatic rings. The van der Waals surface area contributed by atoms with Gasteiger partial charge in [-0.25, -0.2) is 0 Å². The van der Waals surface area contributed by atoms with Crippen LogP contribution in [0.15, 0.2) is 22.8 Å². The maximum Gasteiger partial charge on any atom is 0.258 e. The van der Waals surface area contributed by atoms with E-state index in [-0.39, 0.29) is 5.91 Å². The van der Waals surface area contributed by atoms with E-state index in [2.05, 4.69) is 10.2 Å². The van der Waals surface area contributed by atoms with E-state index in [0.717, 1.165) is 31.6 Å². The van der Waals surface area contributed by atoms with Gasteiger partial charge in [0.1, 0.15) is 5.69 Å². The number of nitrogens with one attached hydrogen (secondary N) is 1. The van der Waals surface area contributed by atoms with E-state index in [4.69, 9.17) is 4.42 Å². The molecule has 5 nitrogen and oxygen atoms in total. The predicted octanol–water partition coefficient (Wildman–Crippen LogP) is 2.21. The van der Waals surface area contributed by atoms with Crippen molar-refractivity contribution in [3.05, 3.63) is 29.7 Å². The molecule has 1 saturated heterocycles. The molecule has 0 atom stereocenters. The number of carbonyl (C=O) groups excluding carboxylic acids is 1. The first kappa shape index (κ1) is 11.1. The molecule has 0 spiro atoms. The van der Waals surface area contributed by atoms with Crippen LogP contribution >= 0.6 is 0 Å². The third-order valence-electron chi connectivity index (χ3n) is 3.31. The Labute approximate surface area is 105 Å². The Balaban J connectivity index is 2.00. The molecule has 1 N–H and O–H groups in total. The number of carbonyl (C=O) groups is 1. The number of hydrogen-bond donors (Lipinski definition) is 1. The van der Waals surface area contributed by atoms with Crippen LogP contribution in [0.1, 0.15) is 28.9 Å². The summed E-state index contributed by atoms with van der Waals surface area (Å²) in [4.78, 5) is 14.3. The SMILES string of the molecule is Cc1[nH]nc(-c2ccco2)c1C(=O)N1CCCC1. The third-order valence-corrected chi connectivity index (χ3v) is 3.31. The van der Waals surface area contributed by atoms with Gasteiger partial charge < -0.3 is 9.32 Å². The van der Waals surface area contributed by atoms with E-state index in [1.807, 2.05) is 17.9 Å². The second kappa shape index (κ2) is 4.33. The van der Waals surface area contributed by atoms with Crippen LogP contribution < -0.4 is 0 Å². The number of H-pyrrole nitrogens is 1. The first-order chi connectivity index (χ1) is 8.77. The van der Waals surface area contributed by atoms with Gasteiger partial charge in [0.25, 0.3) is 5.91 Å². The summed E-state index contributed by atoms with van der Waals surface area (Å²) < 4.78 is 5.33. The maximum absolute atomic E-state index is 12.5. The molecular formula is C13H15N3O2. The van der Waals surface area contributed by atoms with Crippen molar-refractivity contribution in [3.8, 4) is 11.5 Å². The molecule has 1 amide bonds. The van der Waals surface area contributed by atoms with Crippen molar-refractivity contribution in [1.82, 2.24) is 15.1 Å². The van der Waals surface area contributed by atoms with Crippen molar-refractivity contribution in [2.75, 3.05) is 13.1 Å². The number of hydrogen-bond acceptors (Lipinski definition) is 3. The zero-order valence-corrected chi connectivity index (χ0v) is 10.3. The van der Waals surface area contributed by atoms with Crippen LogP contribution in [-0.2, 0) is 0 Å². The van der Waals surface area contributed by atoms with Gasteiger partial charge >= 0.3 is 0 Å². The Morgan fingerprint density at radius 2 is 2.22 bits per heavy atom. The highest BCUT2D eigenvalue weighted by atomic mass is 16.3. The van der Waals surface area contributed by atoms with Gasteiger partial charge in [-0.3, -0.25) is 9.89 Å². The van der Waals surface area contributed by atoms with Crippen molar-refractivity contribution in [2.45, 2.75) is 19.8 Å². The van der Waals surface area contributed by atoms with Gasteiger partial charge in [-0.1, -0.05) is 0 Å². The van der Waals surface area contributed by atoms with Crippen LogP contribution in [0.2, 0.25) is 0 Å². The summed E-state index contributed by atoms with van der Waals surface area (Å²) >= 11 is 0. The van der Waals surface area contributed by atoms with Crippen LogP contribution in [0.4, 0.5) is 0 Å². The summed E-state index contributed by atoms with van der Waals surface area (Å²) in [6, 6.07) is 3.61. The molecule has 0 unspecified atom stereocenters. The summed E-state index contributed by atoms with van der Waals surface area (Å²) in [6.45, 7) is 3.53. The normalized spacial score (nSPS) is 15.3. The minimum absolute atomic E-state index is 0.0464. The molecule has 0 radical (unpaired) electrons. The Kier molecular flexibility index (Phi) is 2.66. The first-order valence-corrected chi connectivity index (χ1v) is 6.15. The lowest BCUT2D eigenvalue weighted by atomic mass is 10.1. The highest BCUT2D eigenvalue weighted by Gasteiger charge is 2.26. The predicted molar refractivity (Wildman–Crippen MR) is 66.2 cm³/mol. The van der Waals surface area contributed by atoms with Gasteiger partial charge in [-0.15, -0.1) is 0 Å². The summed E-state index contributed by atoms with van der Waals surface area (Å²) in [7, 11) is 0. The number of furan rings is 1. The molecule has 3 heterocycles. The molecule has 2 aromatic heterocycles. The second-order valence-electron chi connectivity index (χ2n) is 4.55. The van der Waals surface area contributed by atoms with Crippen molar-refractivity contribution in [3.63, 3.8) is 0 Å². The number of rotatable bonds is 2. The van der Waals surface area contributed by atoms with Crippen LogP contribution in [0.25, 0.3) is 11.5 Å². The van der Waals surface area contributed by atoms with Crippen LogP contribution in [-0.4, -0.2) is 34.1 Å². The molecule has 0 aromatic carbocycles.